The summed E-state index contributed by atoms with van der Waals surface area (Å²) in [5.41, 5.74) is 1.73. The Kier molecular flexibility index (Phi) is 12.5. The lowest BCUT2D eigenvalue weighted by atomic mass is 10.1. The zero-order valence-corrected chi connectivity index (χ0v) is 21.7. The van der Waals surface area contributed by atoms with Crippen LogP contribution in [0.4, 0.5) is 0 Å². The van der Waals surface area contributed by atoms with Gasteiger partial charge in [0.25, 0.3) is 0 Å². The van der Waals surface area contributed by atoms with Crippen LogP contribution in [0.25, 0.3) is 0 Å². The van der Waals surface area contributed by atoms with E-state index in [9.17, 15) is 10.2 Å². The van der Waals surface area contributed by atoms with Gasteiger partial charge in [0.2, 0.25) is 12.7 Å². The number of aliphatic imine (C=N–C) groups is 2. The summed E-state index contributed by atoms with van der Waals surface area (Å²) in [4.78, 5) is 9.26. The smallest absolute Gasteiger partial charge is 0.244 e. The molecule has 2 rings (SSSR count). The molecule has 0 aliphatic rings. The van der Waals surface area contributed by atoms with Gasteiger partial charge < -0.3 is 44.2 Å². The molecule has 170 valence electrons. The van der Waals surface area contributed by atoms with Gasteiger partial charge in [-0.15, -0.1) is 0 Å². The number of nitrogens with zero attached hydrogens (tertiary/aromatic N) is 6. The largest absolute Gasteiger partial charge is 1.00 e. The second-order valence-electron chi connectivity index (χ2n) is 7.47. The molecule has 0 fully saturated rings. The van der Waals surface area contributed by atoms with Crippen molar-refractivity contribution in [1.29, 1.82) is 0 Å². The Morgan fingerprint density at radius 3 is 1.37 bits per heavy atom. The molecule has 10 heteroatoms. The number of halogens is 2. The number of rotatable bonds is 9. The van der Waals surface area contributed by atoms with Crippen molar-refractivity contribution in [2.24, 2.45) is 24.1 Å². The maximum absolute atomic E-state index is 10.2. The molecular formula is C20H34Br2N6O2. The second-order valence-corrected chi connectivity index (χ2v) is 7.47. The summed E-state index contributed by atoms with van der Waals surface area (Å²) < 4.78 is 7.81. The third-order valence-electron chi connectivity index (χ3n) is 4.81. The van der Waals surface area contributed by atoms with E-state index in [1.165, 1.54) is 0 Å². The predicted molar refractivity (Wildman–Crippen MR) is 109 cm³/mol. The van der Waals surface area contributed by atoms with Crippen LogP contribution in [0.15, 0.2) is 47.4 Å². The lowest BCUT2D eigenvalue weighted by molar-refractivity contribution is -0.671. The first-order valence-electron chi connectivity index (χ1n) is 9.64. The minimum Gasteiger partial charge on any atom is -1.00 e. The summed E-state index contributed by atoms with van der Waals surface area (Å²) in [5.74, 6) is 0. The van der Waals surface area contributed by atoms with Crippen LogP contribution in [0, 0.1) is 0 Å². The fraction of sp³-hybridized carbons (Fsp3) is 0.600. The maximum atomic E-state index is 10.2. The maximum Gasteiger partial charge on any atom is 0.244 e. The summed E-state index contributed by atoms with van der Waals surface area (Å²) in [6.45, 7) is 8.49. The first-order chi connectivity index (χ1) is 13.2. The topological polar surface area (TPSA) is 82.8 Å². The van der Waals surface area contributed by atoms with Crippen molar-refractivity contribution in [1.82, 2.24) is 9.13 Å². The molecule has 0 saturated carbocycles. The minimum absolute atomic E-state index is 0. The van der Waals surface area contributed by atoms with Crippen molar-refractivity contribution < 1.29 is 53.3 Å². The van der Waals surface area contributed by atoms with E-state index < -0.39 is 12.2 Å². The SMILES string of the molecule is CC(=NCCN=C(C)C(C(C)O)n1cc[n+](C)c1)C(C(C)O)n1cc[n+](C)c1.[Br-].[Br-]. The highest BCUT2D eigenvalue weighted by atomic mass is 79.9. The molecular weight excluding hydrogens is 516 g/mol. The van der Waals surface area contributed by atoms with Crippen LogP contribution in [0.2, 0.25) is 0 Å². The molecule has 0 aliphatic carbocycles. The first kappa shape index (κ1) is 28.6. The molecule has 2 aromatic heterocycles. The fourth-order valence-corrected chi connectivity index (χ4v) is 3.54. The quantitative estimate of drug-likeness (QED) is 0.186. The molecule has 0 saturated heterocycles. The number of aryl methyl sites for hydroxylation is 2. The average Bonchev–Trinajstić information content (AvgIpc) is 3.20. The molecule has 4 unspecified atom stereocenters. The van der Waals surface area contributed by atoms with E-state index in [-0.39, 0.29) is 46.0 Å². The third-order valence-corrected chi connectivity index (χ3v) is 4.81. The summed E-state index contributed by atoms with van der Waals surface area (Å²) in [5, 5.41) is 20.4. The van der Waals surface area contributed by atoms with Crippen LogP contribution < -0.4 is 43.1 Å². The molecule has 30 heavy (non-hydrogen) atoms. The molecule has 0 bridgehead atoms. The molecule has 0 aromatic carbocycles. The Balaban J connectivity index is 0.00000420. The standard InChI is InChI=1S/C20H34N6O2.2BrH/c1-15(19(17(3)27)25-11-9-23(5)13-25)21-7-8-22-16(2)20(18(4)28)26-12-10-24(6)14-26;;/h9-14,17-20,27-28H,7-8H2,1-6H3;2*1H/q+2;;/p-2. The zero-order valence-electron chi connectivity index (χ0n) is 18.5. The summed E-state index contributed by atoms with van der Waals surface area (Å²) in [7, 11) is 3.89. The van der Waals surface area contributed by atoms with Gasteiger partial charge in [-0.3, -0.25) is 9.98 Å². The normalized spacial score (nSPS) is 16.3. The highest BCUT2D eigenvalue weighted by Crippen LogP contribution is 2.15. The van der Waals surface area contributed by atoms with Crippen LogP contribution in [-0.4, -0.2) is 56.1 Å². The molecule has 4 atom stereocenters. The van der Waals surface area contributed by atoms with Gasteiger partial charge >= 0.3 is 0 Å². The van der Waals surface area contributed by atoms with Gasteiger partial charge in [-0.1, -0.05) is 0 Å². The molecule has 8 nitrogen and oxygen atoms in total. The first-order valence-corrected chi connectivity index (χ1v) is 9.64. The Morgan fingerprint density at radius 2 is 1.13 bits per heavy atom. The Bertz CT molecular complexity index is 761. The van der Waals surface area contributed by atoms with Crippen LogP contribution in [0.5, 0.6) is 0 Å². The van der Waals surface area contributed by atoms with E-state index in [0.29, 0.717) is 13.1 Å². The van der Waals surface area contributed by atoms with Gasteiger partial charge in [0.05, 0.1) is 50.8 Å². The van der Waals surface area contributed by atoms with Crippen LogP contribution in [-0.2, 0) is 14.1 Å². The average molecular weight is 550 g/mol. The molecule has 0 spiro atoms. The summed E-state index contributed by atoms with van der Waals surface area (Å²) in [6.07, 6.45) is 10.5. The lowest BCUT2D eigenvalue weighted by Gasteiger charge is -2.17. The summed E-state index contributed by atoms with van der Waals surface area (Å²) >= 11 is 0. The molecule has 0 aliphatic heterocycles. The predicted octanol–water partition coefficient (Wildman–Crippen LogP) is -5.59. The van der Waals surface area contributed by atoms with Crippen molar-refractivity contribution in [3.8, 4) is 0 Å². The minimum atomic E-state index is -0.546. The Morgan fingerprint density at radius 1 is 0.800 bits per heavy atom. The van der Waals surface area contributed by atoms with E-state index in [1.807, 2.05) is 83.7 Å². The van der Waals surface area contributed by atoms with Crippen LogP contribution in [0.3, 0.4) is 0 Å². The van der Waals surface area contributed by atoms with Crippen molar-refractivity contribution in [2.45, 2.75) is 52.0 Å². The van der Waals surface area contributed by atoms with Crippen LogP contribution >= 0.6 is 0 Å². The molecule has 2 aromatic rings. The van der Waals surface area contributed by atoms with E-state index in [4.69, 9.17) is 0 Å². The lowest BCUT2D eigenvalue weighted by Crippen LogP contribution is -3.00. The van der Waals surface area contributed by atoms with Crippen molar-refractivity contribution >= 4 is 11.4 Å². The van der Waals surface area contributed by atoms with E-state index in [0.717, 1.165) is 11.4 Å². The van der Waals surface area contributed by atoms with Crippen molar-refractivity contribution in [3.05, 3.63) is 37.4 Å². The molecule has 0 amide bonds. The van der Waals surface area contributed by atoms with Gasteiger partial charge in [-0.2, -0.15) is 0 Å². The third kappa shape index (κ3) is 7.72. The highest BCUT2D eigenvalue weighted by Gasteiger charge is 2.26. The Labute approximate surface area is 200 Å². The molecule has 2 N–H and O–H groups in total. The van der Waals surface area contributed by atoms with Gasteiger partial charge in [-0.05, 0) is 27.7 Å². The van der Waals surface area contributed by atoms with E-state index >= 15 is 0 Å². The number of hydrogen-bond acceptors (Lipinski definition) is 4. The number of aromatic nitrogens is 4. The van der Waals surface area contributed by atoms with Crippen molar-refractivity contribution in [3.63, 3.8) is 0 Å². The number of imidazole rings is 2. The molecule has 0 radical (unpaired) electrons. The number of aliphatic hydroxyl groups is 2. The second kappa shape index (κ2) is 13.1. The van der Waals surface area contributed by atoms with Gasteiger partial charge in [0.15, 0.2) is 12.1 Å². The zero-order chi connectivity index (χ0) is 20.8. The van der Waals surface area contributed by atoms with E-state index in [2.05, 4.69) is 9.98 Å². The molecule has 2 heterocycles. The number of hydrogen-bond donors (Lipinski definition) is 2. The van der Waals surface area contributed by atoms with Crippen LogP contribution in [0.1, 0.15) is 39.8 Å². The van der Waals surface area contributed by atoms with Crippen molar-refractivity contribution in [2.75, 3.05) is 13.1 Å². The van der Waals surface area contributed by atoms with E-state index in [1.54, 1.807) is 13.8 Å². The van der Waals surface area contributed by atoms with Gasteiger partial charge in [0, 0.05) is 0 Å². The number of aliphatic hydroxyl groups excluding tert-OH is 2. The monoisotopic (exact) mass is 548 g/mol. The highest BCUT2D eigenvalue weighted by molar-refractivity contribution is 5.87. The Hall–Kier alpha value is -1.36. The fourth-order valence-electron chi connectivity index (χ4n) is 3.54. The van der Waals surface area contributed by atoms with Gasteiger partial charge in [-0.25, -0.2) is 18.3 Å². The van der Waals surface area contributed by atoms with Gasteiger partial charge in [0.1, 0.15) is 24.8 Å². The summed E-state index contributed by atoms with van der Waals surface area (Å²) in [6, 6.07) is -0.396.